The molecule has 0 spiro atoms. The van der Waals surface area contributed by atoms with Crippen LogP contribution in [0.15, 0.2) is 33.0 Å². The lowest BCUT2D eigenvalue weighted by Crippen LogP contribution is -2.20. The van der Waals surface area contributed by atoms with Crippen molar-refractivity contribution >= 4 is 44.6 Å². The van der Waals surface area contributed by atoms with Gasteiger partial charge < -0.3 is 9.84 Å². The Labute approximate surface area is 179 Å². The summed E-state index contributed by atoms with van der Waals surface area (Å²) in [6.45, 7) is 8.03. The number of rotatable bonds is 6. The molecule has 2 heterocycles. The Morgan fingerprint density at radius 2 is 1.93 bits per heavy atom. The average Bonchev–Trinajstić information content (AvgIpc) is 3.31. The number of ketones is 1. The minimum atomic E-state index is -4.14. The Morgan fingerprint density at radius 1 is 1.23 bits per heavy atom. The topological polar surface area (TPSA) is 118 Å². The minimum absolute atomic E-state index is 0.0258. The van der Waals surface area contributed by atoms with E-state index in [1.165, 1.54) is 24.4 Å². The van der Waals surface area contributed by atoms with E-state index in [9.17, 15) is 18.0 Å². The largest absolute Gasteiger partial charge is 0.337 e. The number of aromatic nitrogens is 1. The lowest BCUT2D eigenvalue weighted by atomic mass is 10.0. The molecule has 10 heteroatoms. The highest BCUT2D eigenvalue weighted by atomic mass is 32.2. The predicted molar refractivity (Wildman–Crippen MR) is 115 cm³/mol. The number of thiophene rings is 1. The zero-order valence-electron chi connectivity index (χ0n) is 18.0. The summed E-state index contributed by atoms with van der Waals surface area (Å²) >= 11 is 0.942. The normalized spacial score (nSPS) is 11.8. The summed E-state index contributed by atoms with van der Waals surface area (Å²) in [5.41, 5.74) is 2.55. The van der Waals surface area contributed by atoms with Crippen LogP contribution in [0.1, 0.15) is 50.7 Å². The van der Waals surface area contributed by atoms with E-state index in [-0.39, 0.29) is 38.7 Å². The lowest BCUT2D eigenvalue weighted by Gasteiger charge is -2.14. The predicted octanol–water partition coefficient (Wildman–Crippen LogP) is 4.23. The van der Waals surface area contributed by atoms with Gasteiger partial charge in [0.1, 0.15) is 9.77 Å². The molecule has 0 aliphatic heterocycles. The molecule has 8 nitrogen and oxygen atoms in total. The van der Waals surface area contributed by atoms with E-state index in [2.05, 4.69) is 15.2 Å². The smallest absolute Gasteiger partial charge is 0.267 e. The molecule has 3 rings (SSSR count). The van der Waals surface area contributed by atoms with Gasteiger partial charge in [0, 0.05) is 11.1 Å². The number of carbonyl (C=O) groups is 2. The number of carbonyl (C=O) groups excluding carboxylic acids is 2. The van der Waals surface area contributed by atoms with Gasteiger partial charge in [0.2, 0.25) is 5.88 Å². The van der Waals surface area contributed by atoms with Crippen LogP contribution >= 0.6 is 11.3 Å². The summed E-state index contributed by atoms with van der Waals surface area (Å²) in [5.74, 6) is -1.00. The maximum atomic E-state index is 13.0. The zero-order chi connectivity index (χ0) is 23.1. The van der Waals surface area contributed by atoms with Crippen molar-refractivity contribution in [3.05, 3.63) is 56.4 Å². The van der Waals surface area contributed by atoms with Gasteiger partial charge in [-0.3, -0.25) is 9.59 Å². The maximum absolute atomic E-state index is 13.0. The molecular weight excluding hydrogens is 426 g/mol. The van der Waals surface area contributed by atoms with Crippen LogP contribution in [0.4, 0.5) is 11.6 Å². The molecule has 0 aliphatic rings. The van der Waals surface area contributed by atoms with Crippen molar-refractivity contribution in [2.45, 2.75) is 39.5 Å². The van der Waals surface area contributed by atoms with Crippen LogP contribution in [0.5, 0.6) is 0 Å². The summed E-state index contributed by atoms with van der Waals surface area (Å²) in [6.07, 6.45) is 0. The first-order valence-corrected chi connectivity index (χ1v) is 11.3. The average molecular weight is 449 g/mol. The Bertz CT molecular complexity index is 1310. The van der Waals surface area contributed by atoms with Gasteiger partial charge in [0.05, 0.1) is 12.8 Å². The summed E-state index contributed by atoms with van der Waals surface area (Å²) in [5, 5.41) is 7.82. The molecule has 0 aliphatic carbocycles. The molecule has 0 atom stereocenters. The number of anilines is 2. The molecule has 0 fully saturated rings. The van der Waals surface area contributed by atoms with Crippen LogP contribution in [0.2, 0.25) is 0 Å². The van der Waals surface area contributed by atoms with E-state index < -0.39 is 15.9 Å². The second kappa shape index (κ2) is 8.04. The van der Waals surface area contributed by atoms with E-state index in [1.54, 1.807) is 27.7 Å². The number of Topliss-reactive ketones (excluding diaryl/α,β-unsaturated/α-hetero) is 1. The molecule has 30 heavy (non-hydrogen) atoms. The fraction of sp³-hybridized carbons (Fsp3) is 0.250. The third kappa shape index (κ3) is 4.14. The van der Waals surface area contributed by atoms with Crippen molar-refractivity contribution in [3.8, 4) is 0 Å². The van der Waals surface area contributed by atoms with Gasteiger partial charge in [-0.1, -0.05) is 11.2 Å². The molecule has 1 amide bonds. The molecule has 1 aromatic carbocycles. The highest BCUT2D eigenvalue weighted by Crippen LogP contribution is 2.29. The van der Waals surface area contributed by atoms with E-state index in [0.29, 0.717) is 22.4 Å². The Kier molecular flexibility index (Phi) is 5.44. The summed E-state index contributed by atoms with van der Waals surface area (Å²) in [6, 6.07) is 3.04. The molecule has 158 valence electrons. The second-order valence-electron chi connectivity index (χ2n) is 6.82. The number of hydrogen-bond donors (Lipinski definition) is 2. The molecule has 2 N–H and O–H groups in total. The molecule has 3 aromatic rings. The van der Waals surface area contributed by atoms with Gasteiger partial charge in [-0.15, -0.1) is 11.3 Å². The quantitative estimate of drug-likeness (QED) is 0.545. The van der Waals surface area contributed by atoms with Crippen LogP contribution < -0.4 is 10.0 Å². The third-order valence-electron chi connectivity index (χ3n) is 4.52. The summed E-state index contributed by atoms with van der Waals surface area (Å²) in [4.78, 5) is 24.8. The van der Waals surface area contributed by atoms with Gasteiger partial charge in [0.25, 0.3) is 15.9 Å². The highest BCUT2D eigenvalue weighted by molar-refractivity contribution is 7.93. The number of benzene rings is 1. The number of amides is 1. The van der Waals surface area contributed by atoms with E-state index in [1.807, 2.05) is 0 Å². The number of nitrogens with zero attached hydrogens (tertiary/aromatic N) is 1. The van der Waals surface area contributed by atoms with Gasteiger partial charge in [-0.05, 0) is 63.3 Å². The molecule has 0 saturated carbocycles. The first-order chi connectivity index (χ1) is 14.4. The van der Waals surface area contributed by atoms with Crippen molar-refractivity contribution < 1.29 is 23.9 Å². The number of sulfonamides is 1. The summed E-state index contributed by atoms with van der Waals surface area (Å²) < 4.78 is 41.2. The monoisotopic (exact) mass is 448 g/mol. The fourth-order valence-electron chi connectivity index (χ4n) is 2.86. The van der Waals surface area contributed by atoms with E-state index in [0.717, 1.165) is 11.3 Å². The fourth-order valence-corrected chi connectivity index (χ4v) is 5.23. The Balaban J connectivity index is 1.98. The number of nitrogens with one attached hydrogen (secondary N) is 2. The molecule has 0 radical (unpaired) electrons. The minimum Gasteiger partial charge on any atom is -0.337 e. The van der Waals surface area contributed by atoms with Crippen LogP contribution in [-0.2, 0) is 10.0 Å². The van der Waals surface area contributed by atoms with Crippen LogP contribution in [0.25, 0.3) is 0 Å². The van der Waals surface area contributed by atoms with Crippen molar-refractivity contribution in [2.24, 2.45) is 0 Å². The number of aryl methyl sites for hydroxylation is 2. The van der Waals surface area contributed by atoms with E-state index >= 15 is 0 Å². The van der Waals surface area contributed by atoms with Gasteiger partial charge in [-0.25, -0.2) is 13.1 Å². The van der Waals surface area contributed by atoms with Gasteiger partial charge in [0.15, 0.2) is 5.78 Å². The van der Waals surface area contributed by atoms with Gasteiger partial charge in [-0.2, -0.15) is 0 Å². The Morgan fingerprint density at radius 3 is 2.53 bits per heavy atom. The highest BCUT2D eigenvalue weighted by Gasteiger charge is 2.27. The van der Waals surface area contributed by atoms with Crippen LogP contribution in [-0.4, -0.2) is 25.3 Å². The number of hydrogen-bond acceptors (Lipinski definition) is 7. The second-order valence-corrected chi connectivity index (χ2v) is 9.38. The van der Waals surface area contributed by atoms with E-state index in [4.69, 9.17) is 5.89 Å². The third-order valence-corrected chi connectivity index (χ3v) is 6.93. The summed E-state index contributed by atoms with van der Waals surface area (Å²) in [7, 11) is -4.14. The van der Waals surface area contributed by atoms with Crippen molar-refractivity contribution in [2.75, 3.05) is 10.0 Å². The first kappa shape index (κ1) is 20.3. The lowest BCUT2D eigenvalue weighted by molar-refractivity contribution is 0.101. The van der Waals surface area contributed by atoms with Crippen LogP contribution in [0, 0.1) is 27.7 Å². The zero-order valence-corrected chi connectivity index (χ0v) is 18.7. The maximum Gasteiger partial charge on any atom is 0.267 e. The first-order valence-electron chi connectivity index (χ1n) is 9.40. The van der Waals surface area contributed by atoms with Crippen molar-refractivity contribution in [3.63, 3.8) is 0 Å². The molecule has 2 aromatic heterocycles. The van der Waals surface area contributed by atoms with Gasteiger partial charge >= 0.3 is 0 Å². The van der Waals surface area contributed by atoms with Crippen LogP contribution in [0.3, 0.4) is 0 Å². The standard InChI is InChI=1S/C20H21N3O5S2/c1-10-8-11(2)17(15(9-10)14(5)24)21-19(25)18-16(6-7-29-18)30(26,27)23-20-12(3)13(4)22-28-20/h6-9,23H,1-5H3,(H,21,25)/i8D. The van der Waals surface area contributed by atoms with Crippen molar-refractivity contribution in [1.82, 2.24) is 5.16 Å². The molecule has 0 bridgehead atoms. The SMILES string of the molecule is [2H]c1c(C)cc(C(C)=O)c(NC(=O)c2sccc2S(=O)(=O)Nc2onc(C)c2C)c1C. The molecule has 0 saturated heterocycles. The Hall–Kier alpha value is -2.98. The molecule has 0 unspecified atom stereocenters. The molecular formula is C20H21N3O5S2. The van der Waals surface area contributed by atoms with Crippen molar-refractivity contribution in [1.29, 1.82) is 0 Å².